The average molecular weight is 518 g/mol. The molecule has 3 fully saturated rings. The van der Waals surface area contributed by atoms with E-state index in [0.29, 0.717) is 41.2 Å². The summed E-state index contributed by atoms with van der Waals surface area (Å²) in [5.41, 5.74) is 4.31. The van der Waals surface area contributed by atoms with Crippen molar-refractivity contribution in [2.75, 3.05) is 31.6 Å². The van der Waals surface area contributed by atoms with Crippen LogP contribution in [0.3, 0.4) is 0 Å². The van der Waals surface area contributed by atoms with E-state index < -0.39 is 17.2 Å². The molecule has 2 aliphatic heterocycles. The van der Waals surface area contributed by atoms with Gasteiger partial charge in [0.05, 0.1) is 23.7 Å². The Kier molecular flexibility index (Phi) is 6.39. The SMILES string of the molecule is COc1c(N2CC3CCCNC3C2)c(F)cc2c(=O)c(C(=O)N/N=C(/C)c3ccccc3)cn(C3CC3)c12. The predicted molar refractivity (Wildman–Crippen MR) is 146 cm³/mol. The molecule has 3 heterocycles. The Labute approximate surface area is 220 Å². The number of ether oxygens (including phenoxy) is 1. The van der Waals surface area contributed by atoms with Crippen LogP contribution in [0.5, 0.6) is 5.75 Å². The van der Waals surface area contributed by atoms with Gasteiger partial charge in [0.25, 0.3) is 5.91 Å². The Morgan fingerprint density at radius 3 is 2.68 bits per heavy atom. The standard InChI is InChI=1S/C29H32FN5O3/c1-17(18-7-4-3-5-8-18)32-33-29(37)22-15-35(20-10-11-20)25-21(27(22)36)13-23(30)26(28(25)38-2)34-14-19-9-6-12-31-24(19)16-34/h3-5,7-8,13,15,19-20,24,31H,6,9-12,14,16H2,1-2H3,(H,33,37)/b32-17-. The Bertz CT molecular complexity index is 1470. The molecule has 2 aromatic carbocycles. The molecule has 0 radical (unpaired) electrons. The van der Waals surface area contributed by atoms with E-state index in [1.54, 1.807) is 13.1 Å². The van der Waals surface area contributed by atoms with Crippen LogP contribution in [0.15, 0.2) is 52.5 Å². The highest BCUT2D eigenvalue weighted by Gasteiger charge is 2.38. The Morgan fingerprint density at radius 1 is 1.18 bits per heavy atom. The van der Waals surface area contributed by atoms with Crippen molar-refractivity contribution in [1.29, 1.82) is 0 Å². The first-order valence-corrected chi connectivity index (χ1v) is 13.3. The summed E-state index contributed by atoms with van der Waals surface area (Å²) < 4.78 is 23.5. The van der Waals surface area contributed by atoms with Crippen molar-refractivity contribution in [1.82, 2.24) is 15.3 Å². The van der Waals surface area contributed by atoms with Gasteiger partial charge in [-0.2, -0.15) is 5.10 Å². The molecular formula is C29H32FN5O3. The quantitative estimate of drug-likeness (QED) is 0.383. The fraction of sp³-hybridized carbons (Fsp3) is 0.414. The molecule has 1 aliphatic carbocycles. The normalized spacial score (nSPS) is 21.4. The lowest BCUT2D eigenvalue weighted by molar-refractivity contribution is 0.0953. The second kappa shape index (κ2) is 9.87. The lowest BCUT2D eigenvalue weighted by Gasteiger charge is -2.25. The first-order chi connectivity index (χ1) is 18.5. The zero-order valence-corrected chi connectivity index (χ0v) is 21.7. The van der Waals surface area contributed by atoms with Gasteiger partial charge in [-0.3, -0.25) is 9.59 Å². The third-order valence-corrected chi connectivity index (χ3v) is 8.02. The Balaban J connectivity index is 1.41. The number of fused-ring (bicyclic) bond motifs is 2. The molecule has 1 aromatic heterocycles. The largest absolute Gasteiger partial charge is 0.492 e. The van der Waals surface area contributed by atoms with E-state index in [9.17, 15) is 9.59 Å². The number of amides is 1. The van der Waals surface area contributed by atoms with Crippen LogP contribution >= 0.6 is 0 Å². The van der Waals surface area contributed by atoms with E-state index in [0.717, 1.165) is 44.3 Å². The van der Waals surface area contributed by atoms with E-state index >= 15 is 4.39 Å². The summed E-state index contributed by atoms with van der Waals surface area (Å²) in [6.07, 6.45) is 5.65. The molecule has 2 atom stereocenters. The average Bonchev–Trinajstić information content (AvgIpc) is 3.69. The molecule has 0 bridgehead atoms. The van der Waals surface area contributed by atoms with Crippen molar-refractivity contribution < 1.29 is 13.9 Å². The molecule has 1 saturated carbocycles. The number of anilines is 1. The van der Waals surface area contributed by atoms with Crippen molar-refractivity contribution in [2.24, 2.45) is 11.0 Å². The summed E-state index contributed by atoms with van der Waals surface area (Å²) in [6.45, 7) is 4.19. The number of nitrogens with zero attached hydrogens (tertiary/aromatic N) is 3. The Morgan fingerprint density at radius 2 is 1.97 bits per heavy atom. The van der Waals surface area contributed by atoms with Crippen LogP contribution in [-0.2, 0) is 0 Å². The van der Waals surface area contributed by atoms with Crippen LogP contribution in [0.2, 0.25) is 0 Å². The second-order valence-electron chi connectivity index (χ2n) is 10.5. The highest BCUT2D eigenvalue weighted by molar-refractivity contribution is 6.02. The number of methoxy groups -OCH3 is 1. The van der Waals surface area contributed by atoms with Crippen LogP contribution in [0.4, 0.5) is 10.1 Å². The molecule has 1 amide bonds. The number of nitrogens with one attached hydrogen (secondary N) is 2. The van der Waals surface area contributed by atoms with Gasteiger partial charge in [-0.25, -0.2) is 9.82 Å². The Hall–Kier alpha value is -3.72. The summed E-state index contributed by atoms with van der Waals surface area (Å²) in [4.78, 5) is 28.7. The molecule has 3 aromatic rings. The van der Waals surface area contributed by atoms with Gasteiger partial charge in [0.1, 0.15) is 11.3 Å². The summed E-state index contributed by atoms with van der Waals surface area (Å²) >= 11 is 0. The highest BCUT2D eigenvalue weighted by Crippen LogP contribution is 2.45. The van der Waals surface area contributed by atoms with Gasteiger partial charge in [-0.05, 0) is 56.7 Å². The van der Waals surface area contributed by atoms with Gasteiger partial charge >= 0.3 is 0 Å². The summed E-state index contributed by atoms with van der Waals surface area (Å²) in [5, 5.41) is 7.89. The van der Waals surface area contributed by atoms with Crippen LogP contribution in [0, 0.1) is 11.7 Å². The van der Waals surface area contributed by atoms with Crippen LogP contribution in [0.1, 0.15) is 54.6 Å². The van der Waals surface area contributed by atoms with E-state index in [2.05, 4.69) is 15.8 Å². The number of piperidine rings is 1. The maximum Gasteiger partial charge on any atom is 0.276 e. The van der Waals surface area contributed by atoms with Crippen molar-refractivity contribution in [3.63, 3.8) is 0 Å². The molecule has 3 aliphatic rings. The molecule has 0 spiro atoms. The predicted octanol–water partition coefficient (Wildman–Crippen LogP) is 3.83. The molecule has 8 nitrogen and oxygen atoms in total. The lowest BCUT2D eigenvalue weighted by atomic mass is 9.94. The van der Waals surface area contributed by atoms with Gasteiger partial charge in [-0.1, -0.05) is 30.3 Å². The number of hydrogen-bond donors (Lipinski definition) is 2. The first kappa shape index (κ1) is 24.6. The van der Waals surface area contributed by atoms with Gasteiger partial charge in [-0.15, -0.1) is 0 Å². The van der Waals surface area contributed by atoms with E-state index in [4.69, 9.17) is 4.74 Å². The van der Waals surface area contributed by atoms with Crippen molar-refractivity contribution in [3.05, 3.63) is 69.8 Å². The maximum atomic E-state index is 15.8. The van der Waals surface area contributed by atoms with Gasteiger partial charge in [0.15, 0.2) is 11.6 Å². The first-order valence-electron chi connectivity index (χ1n) is 13.3. The number of aromatic nitrogens is 1. The topological polar surface area (TPSA) is 88.0 Å². The fourth-order valence-corrected chi connectivity index (χ4v) is 5.90. The summed E-state index contributed by atoms with van der Waals surface area (Å²) in [6, 6.07) is 11.2. The third kappa shape index (κ3) is 4.34. The number of rotatable bonds is 6. The minimum absolute atomic E-state index is 0.0698. The molecule has 9 heteroatoms. The second-order valence-corrected chi connectivity index (χ2v) is 10.5. The number of carbonyl (C=O) groups is 1. The number of carbonyl (C=O) groups excluding carboxylic acids is 1. The molecule has 6 rings (SSSR count). The van der Waals surface area contributed by atoms with Gasteiger partial charge in [0, 0.05) is 31.4 Å². The summed E-state index contributed by atoms with van der Waals surface area (Å²) in [7, 11) is 1.52. The maximum absolute atomic E-state index is 15.8. The monoisotopic (exact) mass is 517 g/mol. The number of benzene rings is 2. The van der Waals surface area contributed by atoms with Gasteiger partial charge < -0.3 is 19.5 Å². The molecule has 38 heavy (non-hydrogen) atoms. The number of hydrogen-bond acceptors (Lipinski definition) is 6. The fourth-order valence-electron chi connectivity index (χ4n) is 5.90. The number of hydrazone groups is 1. The van der Waals surface area contributed by atoms with E-state index in [1.807, 2.05) is 39.8 Å². The number of halogens is 1. The molecule has 2 unspecified atom stereocenters. The number of pyridine rings is 1. The van der Waals surface area contributed by atoms with Gasteiger partial charge in [0.2, 0.25) is 5.43 Å². The van der Waals surface area contributed by atoms with Crippen molar-refractivity contribution in [2.45, 2.75) is 44.7 Å². The molecule has 2 saturated heterocycles. The van der Waals surface area contributed by atoms with Crippen molar-refractivity contribution in [3.8, 4) is 5.75 Å². The van der Waals surface area contributed by atoms with E-state index in [-0.39, 0.29) is 17.0 Å². The lowest BCUT2D eigenvalue weighted by Crippen LogP contribution is -2.40. The molecular weight excluding hydrogens is 485 g/mol. The van der Waals surface area contributed by atoms with E-state index in [1.165, 1.54) is 13.2 Å². The zero-order valence-electron chi connectivity index (χ0n) is 21.7. The minimum Gasteiger partial charge on any atom is -0.492 e. The molecule has 198 valence electrons. The zero-order chi connectivity index (χ0) is 26.4. The summed E-state index contributed by atoms with van der Waals surface area (Å²) in [5.74, 6) is -0.324. The van der Waals surface area contributed by atoms with Crippen molar-refractivity contribution >= 4 is 28.2 Å². The van der Waals surface area contributed by atoms with Crippen LogP contribution < -0.4 is 25.8 Å². The smallest absolute Gasteiger partial charge is 0.276 e. The minimum atomic E-state index is -0.625. The molecule has 2 N–H and O–H groups in total. The third-order valence-electron chi connectivity index (χ3n) is 8.02. The van der Waals surface area contributed by atoms with Crippen LogP contribution in [-0.4, -0.2) is 49.0 Å². The van der Waals surface area contributed by atoms with Crippen LogP contribution in [0.25, 0.3) is 10.9 Å². The highest BCUT2D eigenvalue weighted by atomic mass is 19.1.